The van der Waals surface area contributed by atoms with E-state index in [4.69, 9.17) is 5.73 Å². The second-order valence-electron chi connectivity index (χ2n) is 6.29. The minimum absolute atomic E-state index is 0.516. The predicted molar refractivity (Wildman–Crippen MR) is 91.5 cm³/mol. The molecule has 22 heavy (non-hydrogen) atoms. The number of nitrogens with two attached hydrogens (primary N) is 1. The van der Waals surface area contributed by atoms with Crippen LogP contribution in [0.4, 0.5) is 5.69 Å². The highest BCUT2D eigenvalue weighted by molar-refractivity contribution is 5.92. The van der Waals surface area contributed by atoms with Gasteiger partial charge in [-0.3, -0.25) is 4.99 Å². The number of hydrogen-bond donors (Lipinski definition) is 2. The van der Waals surface area contributed by atoms with Crippen LogP contribution in [-0.4, -0.2) is 12.5 Å². The number of fused-ring (bicyclic) bond motifs is 2. The summed E-state index contributed by atoms with van der Waals surface area (Å²) in [4.78, 5) is 4.52. The molecule has 2 aliphatic carbocycles. The van der Waals surface area contributed by atoms with Crippen molar-refractivity contribution in [3.8, 4) is 0 Å². The highest BCUT2D eigenvalue weighted by Gasteiger charge is 2.24. The molecule has 0 saturated heterocycles. The number of hydrogen-bond acceptors (Lipinski definition) is 1. The highest BCUT2D eigenvalue weighted by atomic mass is 15.1. The van der Waals surface area contributed by atoms with Gasteiger partial charge in [0, 0.05) is 18.2 Å². The molecular formula is C19H21N3. The third-order valence-electron chi connectivity index (χ3n) is 4.81. The van der Waals surface area contributed by atoms with Gasteiger partial charge in [-0.05, 0) is 60.1 Å². The van der Waals surface area contributed by atoms with Crippen molar-refractivity contribution in [1.82, 2.24) is 0 Å². The summed E-state index contributed by atoms with van der Waals surface area (Å²) in [6, 6.07) is 15.1. The van der Waals surface area contributed by atoms with Gasteiger partial charge in [0.15, 0.2) is 5.96 Å². The van der Waals surface area contributed by atoms with Crippen molar-refractivity contribution < 1.29 is 0 Å². The van der Waals surface area contributed by atoms with Gasteiger partial charge in [-0.25, -0.2) is 0 Å². The Bertz CT molecular complexity index is 733. The lowest BCUT2D eigenvalue weighted by atomic mass is 9.78. The highest BCUT2D eigenvalue weighted by Crippen LogP contribution is 2.34. The molecule has 4 rings (SSSR count). The maximum Gasteiger partial charge on any atom is 0.193 e. The summed E-state index contributed by atoms with van der Waals surface area (Å²) in [6.45, 7) is 0.765. The minimum atomic E-state index is 0.516. The van der Waals surface area contributed by atoms with Gasteiger partial charge in [-0.2, -0.15) is 0 Å². The zero-order valence-electron chi connectivity index (χ0n) is 12.7. The molecule has 3 heteroatoms. The van der Waals surface area contributed by atoms with Crippen LogP contribution in [0.25, 0.3) is 0 Å². The molecule has 3 N–H and O–H groups in total. The normalized spacial score (nSPS) is 19.3. The van der Waals surface area contributed by atoms with Crippen LogP contribution in [0, 0.1) is 0 Å². The maximum absolute atomic E-state index is 6.04. The summed E-state index contributed by atoms with van der Waals surface area (Å²) in [5, 5.41) is 3.23. The van der Waals surface area contributed by atoms with E-state index in [0.717, 1.165) is 18.7 Å². The average Bonchev–Trinajstić information content (AvgIpc) is 2.96. The Morgan fingerprint density at radius 3 is 2.86 bits per heavy atom. The SMILES string of the molecule is NC(=NCC1Cc2ccccc21)Nc1ccc2c(c1)CCC2. The van der Waals surface area contributed by atoms with Crippen LogP contribution in [0.5, 0.6) is 0 Å². The molecule has 1 unspecified atom stereocenters. The molecule has 0 amide bonds. The summed E-state index contributed by atoms with van der Waals surface area (Å²) in [5.41, 5.74) is 12.9. The lowest BCUT2D eigenvalue weighted by Gasteiger charge is -2.28. The van der Waals surface area contributed by atoms with E-state index >= 15 is 0 Å². The van der Waals surface area contributed by atoms with Crippen LogP contribution in [0.1, 0.15) is 34.6 Å². The summed E-state index contributed by atoms with van der Waals surface area (Å²) in [5.74, 6) is 1.04. The van der Waals surface area contributed by atoms with Gasteiger partial charge in [0.05, 0.1) is 0 Å². The van der Waals surface area contributed by atoms with Gasteiger partial charge >= 0.3 is 0 Å². The van der Waals surface area contributed by atoms with E-state index in [0.29, 0.717) is 11.9 Å². The van der Waals surface area contributed by atoms with E-state index in [1.54, 1.807) is 0 Å². The fourth-order valence-corrected chi connectivity index (χ4v) is 3.57. The molecule has 2 aliphatic rings. The number of nitrogens with one attached hydrogen (secondary N) is 1. The zero-order chi connectivity index (χ0) is 14.9. The monoisotopic (exact) mass is 291 g/mol. The van der Waals surface area contributed by atoms with E-state index in [-0.39, 0.29) is 0 Å². The van der Waals surface area contributed by atoms with Gasteiger partial charge in [0.2, 0.25) is 0 Å². The minimum Gasteiger partial charge on any atom is -0.370 e. The first-order valence-corrected chi connectivity index (χ1v) is 8.06. The quantitative estimate of drug-likeness (QED) is 0.674. The van der Waals surface area contributed by atoms with Crippen LogP contribution in [0.15, 0.2) is 47.5 Å². The van der Waals surface area contributed by atoms with Crippen molar-refractivity contribution in [2.75, 3.05) is 11.9 Å². The Morgan fingerprint density at radius 1 is 1.09 bits per heavy atom. The van der Waals surface area contributed by atoms with Gasteiger partial charge in [-0.1, -0.05) is 30.3 Å². The molecule has 0 aliphatic heterocycles. The molecule has 0 fully saturated rings. The van der Waals surface area contributed by atoms with E-state index in [2.05, 4.69) is 52.8 Å². The molecule has 1 atom stereocenters. The van der Waals surface area contributed by atoms with E-state index < -0.39 is 0 Å². The number of anilines is 1. The van der Waals surface area contributed by atoms with Crippen LogP contribution in [0.3, 0.4) is 0 Å². The Labute approximate surface area is 131 Å². The molecule has 3 nitrogen and oxygen atoms in total. The fourth-order valence-electron chi connectivity index (χ4n) is 3.57. The third kappa shape index (κ3) is 2.47. The number of aryl methyl sites for hydroxylation is 2. The zero-order valence-corrected chi connectivity index (χ0v) is 12.7. The first kappa shape index (κ1) is 13.4. The molecule has 0 heterocycles. The topological polar surface area (TPSA) is 50.4 Å². The van der Waals surface area contributed by atoms with Crippen molar-refractivity contribution >= 4 is 11.6 Å². The van der Waals surface area contributed by atoms with Crippen LogP contribution < -0.4 is 11.1 Å². The van der Waals surface area contributed by atoms with Crippen LogP contribution in [-0.2, 0) is 19.3 Å². The van der Waals surface area contributed by atoms with Crippen molar-refractivity contribution in [2.24, 2.45) is 10.7 Å². The maximum atomic E-state index is 6.04. The number of aliphatic imine (C=N–C) groups is 1. The fraction of sp³-hybridized carbons (Fsp3) is 0.316. The summed E-state index contributed by atoms with van der Waals surface area (Å²) in [7, 11) is 0. The summed E-state index contributed by atoms with van der Waals surface area (Å²) >= 11 is 0. The largest absolute Gasteiger partial charge is 0.370 e. The second-order valence-corrected chi connectivity index (χ2v) is 6.29. The number of nitrogens with zero attached hydrogens (tertiary/aromatic N) is 1. The Balaban J connectivity index is 1.39. The number of benzene rings is 2. The van der Waals surface area contributed by atoms with E-state index in [1.807, 2.05) is 0 Å². The average molecular weight is 291 g/mol. The van der Waals surface area contributed by atoms with Crippen molar-refractivity contribution in [3.63, 3.8) is 0 Å². The van der Waals surface area contributed by atoms with Crippen LogP contribution in [0.2, 0.25) is 0 Å². The van der Waals surface area contributed by atoms with Crippen molar-refractivity contribution in [2.45, 2.75) is 31.6 Å². The van der Waals surface area contributed by atoms with Crippen LogP contribution >= 0.6 is 0 Å². The lowest BCUT2D eigenvalue weighted by molar-refractivity contribution is 0.619. The van der Waals surface area contributed by atoms with E-state index in [1.165, 1.54) is 41.5 Å². The first-order chi connectivity index (χ1) is 10.8. The summed E-state index contributed by atoms with van der Waals surface area (Å²) in [6.07, 6.45) is 4.77. The summed E-state index contributed by atoms with van der Waals surface area (Å²) < 4.78 is 0. The predicted octanol–water partition coefficient (Wildman–Crippen LogP) is 3.24. The number of guanidine groups is 1. The Morgan fingerprint density at radius 2 is 1.95 bits per heavy atom. The van der Waals surface area contributed by atoms with Gasteiger partial charge in [-0.15, -0.1) is 0 Å². The number of rotatable bonds is 3. The molecule has 0 radical (unpaired) electrons. The molecule has 2 aromatic carbocycles. The smallest absolute Gasteiger partial charge is 0.193 e. The molecule has 0 bridgehead atoms. The van der Waals surface area contributed by atoms with Crippen molar-refractivity contribution in [3.05, 3.63) is 64.7 Å². The molecule has 2 aromatic rings. The lowest BCUT2D eigenvalue weighted by Crippen LogP contribution is -2.26. The first-order valence-electron chi connectivity index (χ1n) is 8.06. The standard InChI is InChI=1S/C19H21N3/c20-19(21-12-16-10-15-4-1-2-7-18(15)16)22-17-9-8-13-5-3-6-14(13)11-17/h1-2,4,7-9,11,16H,3,5-6,10,12H2,(H3,20,21,22). The molecule has 112 valence electrons. The third-order valence-corrected chi connectivity index (χ3v) is 4.81. The second kappa shape index (κ2) is 5.48. The Kier molecular flexibility index (Phi) is 3.34. The van der Waals surface area contributed by atoms with Gasteiger partial charge in [0.1, 0.15) is 0 Å². The molecule has 0 saturated carbocycles. The Hall–Kier alpha value is -2.29. The van der Waals surface area contributed by atoms with Crippen molar-refractivity contribution in [1.29, 1.82) is 0 Å². The van der Waals surface area contributed by atoms with E-state index in [9.17, 15) is 0 Å². The molecular weight excluding hydrogens is 270 g/mol. The van der Waals surface area contributed by atoms with Gasteiger partial charge in [0.25, 0.3) is 0 Å². The molecule has 0 spiro atoms. The van der Waals surface area contributed by atoms with Gasteiger partial charge < -0.3 is 11.1 Å². The molecule has 0 aromatic heterocycles.